The van der Waals surface area contributed by atoms with Crippen molar-refractivity contribution in [3.05, 3.63) is 60.2 Å². The highest BCUT2D eigenvalue weighted by atomic mass is 19.4. The molecule has 2 aromatic heterocycles. The molecule has 0 spiro atoms. The molecule has 262 valence electrons. The number of carboxylic acid groups (broad SMARTS) is 3. The standard InChI is InChI=1S/C20H24N4O2.3C2HF3O2/c25-20(23-11-17-5-1-2-7-22-17)9-18-8-16-13-24(14-19(16)26-18)12-15-4-3-6-21-10-15;3*3-2(4,5)1(6)7/h1-7,10,16,18-19H,8-9,11-14H2,(H,23,25);3*(H,6,7)/t16-,18-,19+;;;/m0.../s1. The Bertz CT molecular complexity index is 1230. The molecule has 2 aromatic rings. The van der Waals surface area contributed by atoms with Gasteiger partial charge in [-0.05, 0) is 30.2 Å². The molecule has 2 saturated heterocycles. The molecule has 12 nitrogen and oxygen atoms in total. The molecule has 21 heteroatoms. The molecule has 2 aliphatic heterocycles. The lowest BCUT2D eigenvalue weighted by Gasteiger charge is -2.19. The Labute approximate surface area is 259 Å². The molecule has 1 amide bonds. The van der Waals surface area contributed by atoms with E-state index in [4.69, 9.17) is 34.4 Å². The lowest BCUT2D eigenvalue weighted by Crippen LogP contribution is -2.29. The van der Waals surface area contributed by atoms with Gasteiger partial charge in [-0.25, -0.2) is 14.4 Å². The van der Waals surface area contributed by atoms with Crippen molar-refractivity contribution in [1.29, 1.82) is 0 Å². The van der Waals surface area contributed by atoms with Gasteiger partial charge in [0.1, 0.15) is 0 Å². The number of nitrogens with one attached hydrogen (secondary N) is 1. The second-order valence-electron chi connectivity index (χ2n) is 9.56. The maximum atomic E-state index is 12.2. The van der Waals surface area contributed by atoms with Crippen LogP contribution in [0.5, 0.6) is 0 Å². The first-order chi connectivity index (χ1) is 21.6. The fraction of sp³-hybridized carbons (Fsp3) is 0.462. The summed E-state index contributed by atoms with van der Waals surface area (Å²) >= 11 is 0. The average Bonchev–Trinajstić information content (AvgIpc) is 3.50. The molecule has 4 N–H and O–H groups in total. The molecule has 0 aliphatic carbocycles. The van der Waals surface area contributed by atoms with Gasteiger partial charge in [0.05, 0.1) is 30.9 Å². The summed E-state index contributed by atoms with van der Waals surface area (Å²) in [5.41, 5.74) is 2.11. The summed E-state index contributed by atoms with van der Waals surface area (Å²) in [4.78, 5) is 49.7. The van der Waals surface area contributed by atoms with Crippen molar-refractivity contribution in [2.45, 2.75) is 56.7 Å². The highest BCUT2D eigenvalue weighted by molar-refractivity contribution is 5.76. The van der Waals surface area contributed by atoms with Crippen LogP contribution in [0.25, 0.3) is 0 Å². The van der Waals surface area contributed by atoms with Crippen LogP contribution < -0.4 is 5.32 Å². The Morgan fingerprint density at radius 1 is 0.830 bits per heavy atom. The highest BCUT2D eigenvalue weighted by Crippen LogP contribution is 2.34. The third-order valence-corrected chi connectivity index (χ3v) is 5.85. The number of carbonyl (C=O) groups is 4. The van der Waals surface area contributed by atoms with Crippen LogP contribution in [-0.4, -0.2) is 97.8 Å². The summed E-state index contributed by atoms with van der Waals surface area (Å²) in [5, 5.41) is 24.3. The number of likely N-dealkylation sites (tertiary alicyclic amines) is 1. The summed E-state index contributed by atoms with van der Waals surface area (Å²) in [5.74, 6) is -7.71. The molecular weight excluding hydrogens is 667 g/mol. The number of carboxylic acids is 3. The zero-order chi connectivity index (χ0) is 36.0. The van der Waals surface area contributed by atoms with Crippen molar-refractivity contribution in [1.82, 2.24) is 20.2 Å². The van der Waals surface area contributed by atoms with Gasteiger partial charge in [-0.3, -0.25) is 19.7 Å². The topological polar surface area (TPSA) is 179 Å². The van der Waals surface area contributed by atoms with E-state index in [9.17, 15) is 44.3 Å². The van der Waals surface area contributed by atoms with Crippen molar-refractivity contribution < 1.29 is 78.7 Å². The minimum absolute atomic E-state index is 0.0350. The van der Waals surface area contributed by atoms with Gasteiger partial charge in [0.15, 0.2) is 0 Å². The minimum atomic E-state index is -5.08. The number of ether oxygens (including phenoxy) is 1. The molecule has 2 aliphatic rings. The van der Waals surface area contributed by atoms with Gasteiger partial charge in [0.25, 0.3) is 0 Å². The summed E-state index contributed by atoms with van der Waals surface area (Å²) in [6, 6.07) is 9.79. The predicted molar refractivity (Wildman–Crippen MR) is 138 cm³/mol. The monoisotopic (exact) mass is 694 g/mol. The summed E-state index contributed by atoms with van der Waals surface area (Å²) in [6.45, 7) is 3.36. The lowest BCUT2D eigenvalue weighted by atomic mass is 10.0. The largest absolute Gasteiger partial charge is 0.490 e. The molecule has 47 heavy (non-hydrogen) atoms. The number of halogens is 9. The van der Waals surface area contributed by atoms with E-state index < -0.39 is 36.4 Å². The third-order valence-electron chi connectivity index (χ3n) is 5.85. The van der Waals surface area contributed by atoms with Gasteiger partial charge in [0.2, 0.25) is 5.91 Å². The van der Waals surface area contributed by atoms with Gasteiger partial charge in [-0.15, -0.1) is 0 Å². The van der Waals surface area contributed by atoms with E-state index in [-0.39, 0.29) is 18.1 Å². The molecule has 0 radical (unpaired) electrons. The zero-order valence-electron chi connectivity index (χ0n) is 23.7. The van der Waals surface area contributed by atoms with Crippen molar-refractivity contribution in [2.75, 3.05) is 13.1 Å². The first-order valence-corrected chi connectivity index (χ1v) is 12.9. The Morgan fingerprint density at radius 3 is 1.81 bits per heavy atom. The summed E-state index contributed by atoms with van der Waals surface area (Å²) in [6.07, 6.45) is -8.11. The van der Waals surface area contributed by atoms with E-state index in [0.29, 0.717) is 18.9 Å². The fourth-order valence-electron chi connectivity index (χ4n) is 3.93. The molecule has 2 fully saturated rings. The molecule has 4 rings (SSSR count). The number of hydrogen-bond donors (Lipinski definition) is 4. The van der Waals surface area contributed by atoms with Crippen LogP contribution in [0.15, 0.2) is 48.9 Å². The number of pyridine rings is 2. The third kappa shape index (κ3) is 16.6. The predicted octanol–water partition coefficient (Wildman–Crippen LogP) is 3.67. The fourth-order valence-corrected chi connectivity index (χ4v) is 3.93. The van der Waals surface area contributed by atoms with Crippen molar-refractivity contribution in [3.8, 4) is 0 Å². The number of carbonyl (C=O) groups excluding carboxylic acids is 1. The van der Waals surface area contributed by atoms with Crippen LogP contribution in [0, 0.1) is 5.92 Å². The van der Waals surface area contributed by atoms with Gasteiger partial charge in [-0.2, -0.15) is 39.5 Å². The quantitative estimate of drug-likeness (QED) is 0.324. The number of rotatable bonds is 6. The van der Waals surface area contributed by atoms with Crippen LogP contribution in [0.2, 0.25) is 0 Å². The number of aliphatic carboxylic acids is 3. The Hall–Kier alpha value is -4.53. The zero-order valence-corrected chi connectivity index (χ0v) is 23.7. The number of nitrogens with zero attached hydrogens (tertiary/aromatic N) is 3. The minimum Gasteiger partial charge on any atom is -0.475 e. The molecule has 3 atom stereocenters. The van der Waals surface area contributed by atoms with Crippen molar-refractivity contribution in [3.63, 3.8) is 0 Å². The van der Waals surface area contributed by atoms with E-state index in [1.54, 1.807) is 12.4 Å². The van der Waals surface area contributed by atoms with Crippen LogP contribution in [-0.2, 0) is 37.0 Å². The molecule has 4 heterocycles. The van der Waals surface area contributed by atoms with E-state index >= 15 is 0 Å². The molecule has 0 aromatic carbocycles. The lowest BCUT2D eigenvalue weighted by molar-refractivity contribution is -0.193. The van der Waals surface area contributed by atoms with E-state index in [0.717, 1.165) is 31.7 Å². The highest BCUT2D eigenvalue weighted by Gasteiger charge is 2.42. The normalized spacial score (nSPS) is 19.0. The number of aromatic nitrogens is 2. The van der Waals surface area contributed by atoms with Crippen molar-refractivity contribution >= 4 is 23.8 Å². The van der Waals surface area contributed by atoms with E-state index in [1.807, 2.05) is 30.5 Å². The molecule has 0 bridgehead atoms. The van der Waals surface area contributed by atoms with Crippen LogP contribution >= 0.6 is 0 Å². The SMILES string of the molecule is O=C(C[C@@H]1C[C@H]2CN(Cc3cccnc3)C[C@H]2O1)NCc1ccccn1.O=C(O)C(F)(F)F.O=C(O)C(F)(F)F.O=C(O)C(F)(F)F. The Kier molecular flexibility index (Phi) is 15.5. The maximum absolute atomic E-state index is 12.2. The first-order valence-electron chi connectivity index (χ1n) is 12.9. The maximum Gasteiger partial charge on any atom is 0.490 e. The molecule has 0 saturated carbocycles. The van der Waals surface area contributed by atoms with E-state index in [2.05, 4.69) is 26.3 Å². The molecule has 0 unspecified atom stereocenters. The van der Waals surface area contributed by atoms with Gasteiger partial charge in [0, 0.05) is 44.1 Å². The Morgan fingerprint density at radius 2 is 1.38 bits per heavy atom. The number of fused-ring (bicyclic) bond motifs is 1. The molecular formula is C26H27F9N4O8. The van der Waals surface area contributed by atoms with Gasteiger partial charge in [-0.1, -0.05) is 12.1 Å². The van der Waals surface area contributed by atoms with E-state index in [1.165, 1.54) is 5.56 Å². The van der Waals surface area contributed by atoms with Gasteiger partial charge < -0.3 is 25.4 Å². The summed E-state index contributed by atoms with van der Waals surface area (Å²) < 4.78 is 101. The van der Waals surface area contributed by atoms with Gasteiger partial charge >= 0.3 is 36.4 Å². The second kappa shape index (κ2) is 18.0. The number of amides is 1. The van der Waals surface area contributed by atoms with Crippen molar-refractivity contribution in [2.24, 2.45) is 5.92 Å². The Balaban J connectivity index is 0.000000430. The number of hydrogen-bond acceptors (Lipinski definition) is 8. The second-order valence-corrected chi connectivity index (χ2v) is 9.56. The number of alkyl halides is 9. The van der Waals surface area contributed by atoms with Crippen LogP contribution in [0.3, 0.4) is 0 Å². The average molecular weight is 695 g/mol. The summed E-state index contributed by atoms with van der Waals surface area (Å²) in [7, 11) is 0. The van der Waals surface area contributed by atoms with Crippen LogP contribution in [0.4, 0.5) is 39.5 Å². The van der Waals surface area contributed by atoms with Crippen LogP contribution in [0.1, 0.15) is 24.1 Å². The first kappa shape index (κ1) is 40.5. The smallest absolute Gasteiger partial charge is 0.475 e.